The number of hydrogen-bond donors (Lipinski definition) is 2. The van der Waals surface area contributed by atoms with E-state index in [2.05, 4.69) is 9.97 Å². The standard InChI is InChI=1S/C14H19F3N4O3/c1-9-10(2-3-11(22)18-8-14(15,16)17)12(23)20-13(19-9)21-4-6-24-7-5-21/h2-8H2,1H3,(H,18,22)(H,19,20,23). The molecule has 2 N–H and O–H groups in total. The highest BCUT2D eigenvalue weighted by atomic mass is 19.4. The summed E-state index contributed by atoms with van der Waals surface area (Å²) < 4.78 is 41.3. The highest BCUT2D eigenvalue weighted by Crippen LogP contribution is 2.13. The van der Waals surface area contributed by atoms with E-state index in [1.54, 1.807) is 12.2 Å². The van der Waals surface area contributed by atoms with Gasteiger partial charge in [0.2, 0.25) is 11.9 Å². The Morgan fingerprint density at radius 2 is 2.04 bits per heavy atom. The van der Waals surface area contributed by atoms with E-state index in [0.29, 0.717) is 43.5 Å². The van der Waals surface area contributed by atoms with Crippen molar-refractivity contribution in [2.24, 2.45) is 0 Å². The average Bonchev–Trinajstić information content (AvgIpc) is 2.52. The van der Waals surface area contributed by atoms with E-state index >= 15 is 0 Å². The molecular formula is C14H19F3N4O3. The highest BCUT2D eigenvalue weighted by Gasteiger charge is 2.27. The normalized spacial score (nSPS) is 15.4. The van der Waals surface area contributed by atoms with Crippen LogP contribution in [-0.4, -0.2) is 54.9 Å². The summed E-state index contributed by atoms with van der Waals surface area (Å²) in [5, 5.41) is 1.78. The SMILES string of the molecule is Cc1nc(N2CCOCC2)[nH]c(=O)c1CCC(=O)NCC(F)(F)F. The average molecular weight is 348 g/mol. The topological polar surface area (TPSA) is 87.3 Å². The Kier molecular flexibility index (Phi) is 5.81. The molecule has 0 radical (unpaired) electrons. The third-order valence-electron chi connectivity index (χ3n) is 3.61. The van der Waals surface area contributed by atoms with Gasteiger partial charge >= 0.3 is 6.18 Å². The van der Waals surface area contributed by atoms with E-state index in [-0.39, 0.29) is 18.4 Å². The van der Waals surface area contributed by atoms with Crippen LogP contribution in [0, 0.1) is 6.92 Å². The van der Waals surface area contributed by atoms with Gasteiger partial charge in [0.05, 0.1) is 13.2 Å². The zero-order valence-electron chi connectivity index (χ0n) is 13.2. The number of carbonyl (C=O) groups excluding carboxylic acids is 1. The van der Waals surface area contributed by atoms with Crippen LogP contribution < -0.4 is 15.8 Å². The number of aryl methyl sites for hydroxylation is 1. The second-order valence-corrected chi connectivity index (χ2v) is 5.44. The molecule has 134 valence electrons. The minimum Gasteiger partial charge on any atom is -0.378 e. The zero-order chi connectivity index (χ0) is 17.7. The molecule has 1 amide bonds. The van der Waals surface area contributed by atoms with E-state index in [1.165, 1.54) is 0 Å². The van der Waals surface area contributed by atoms with Crippen molar-refractivity contribution in [3.63, 3.8) is 0 Å². The lowest BCUT2D eigenvalue weighted by Gasteiger charge is -2.27. The van der Waals surface area contributed by atoms with Gasteiger partial charge < -0.3 is 15.0 Å². The minimum atomic E-state index is -4.45. The first-order valence-electron chi connectivity index (χ1n) is 7.52. The van der Waals surface area contributed by atoms with Crippen molar-refractivity contribution in [3.8, 4) is 0 Å². The number of nitrogens with one attached hydrogen (secondary N) is 2. The van der Waals surface area contributed by atoms with Gasteiger partial charge in [-0.15, -0.1) is 0 Å². The van der Waals surface area contributed by atoms with Crippen molar-refractivity contribution >= 4 is 11.9 Å². The van der Waals surface area contributed by atoms with Gasteiger partial charge in [-0.3, -0.25) is 14.6 Å². The Balaban J connectivity index is 1.98. The van der Waals surface area contributed by atoms with Crippen molar-refractivity contribution < 1.29 is 22.7 Å². The van der Waals surface area contributed by atoms with E-state index in [9.17, 15) is 22.8 Å². The van der Waals surface area contributed by atoms with Gasteiger partial charge in [0.1, 0.15) is 6.54 Å². The fourth-order valence-corrected chi connectivity index (χ4v) is 2.34. The van der Waals surface area contributed by atoms with Gasteiger partial charge in [-0.1, -0.05) is 0 Å². The summed E-state index contributed by atoms with van der Waals surface area (Å²) >= 11 is 0. The second-order valence-electron chi connectivity index (χ2n) is 5.44. The number of rotatable bonds is 5. The molecule has 2 heterocycles. The van der Waals surface area contributed by atoms with Gasteiger partial charge in [-0.25, -0.2) is 4.98 Å². The number of amides is 1. The molecule has 0 saturated carbocycles. The predicted molar refractivity (Wildman–Crippen MR) is 80.0 cm³/mol. The van der Waals surface area contributed by atoms with Gasteiger partial charge in [0, 0.05) is 30.8 Å². The molecule has 24 heavy (non-hydrogen) atoms. The van der Waals surface area contributed by atoms with Crippen LogP contribution >= 0.6 is 0 Å². The maximum atomic E-state index is 12.2. The number of alkyl halides is 3. The number of hydrogen-bond acceptors (Lipinski definition) is 5. The molecule has 2 rings (SSSR count). The van der Waals surface area contributed by atoms with Crippen molar-refractivity contribution in [2.75, 3.05) is 37.7 Å². The molecule has 1 aliphatic rings. The molecule has 1 aromatic rings. The monoisotopic (exact) mass is 348 g/mol. The van der Waals surface area contributed by atoms with Gasteiger partial charge in [0.15, 0.2) is 0 Å². The lowest BCUT2D eigenvalue weighted by molar-refractivity contribution is -0.138. The van der Waals surface area contributed by atoms with E-state index in [4.69, 9.17) is 4.74 Å². The van der Waals surface area contributed by atoms with Crippen LogP contribution in [0.3, 0.4) is 0 Å². The first-order chi connectivity index (χ1) is 11.3. The summed E-state index contributed by atoms with van der Waals surface area (Å²) in [6, 6.07) is 0. The van der Waals surface area contributed by atoms with Crippen LogP contribution in [0.5, 0.6) is 0 Å². The smallest absolute Gasteiger partial charge is 0.378 e. The van der Waals surface area contributed by atoms with Crippen LogP contribution in [0.15, 0.2) is 4.79 Å². The van der Waals surface area contributed by atoms with E-state index in [0.717, 1.165) is 0 Å². The first kappa shape index (κ1) is 18.2. The lowest BCUT2D eigenvalue weighted by atomic mass is 10.1. The Morgan fingerprint density at radius 3 is 2.62 bits per heavy atom. The first-order valence-corrected chi connectivity index (χ1v) is 7.52. The molecular weight excluding hydrogens is 329 g/mol. The summed E-state index contributed by atoms with van der Waals surface area (Å²) in [6.45, 7) is 2.58. The molecule has 1 aliphatic heterocycles. The maximum Gasteiger partial charge on any atom is 0.405 e. The minimum absolute atomic E-state index is 0.0290. The van der Waals surface area contributed by atoms with Crippen molar-refractivity contribution in [1.82, 2.24) is 15.3 Å². The fourth-order valence-electron chi connectivity index (χ4n) is 2.34. The third kappa shape index (κ3) is 5.22. The van der Waals surface area contributed by atoms with Crippen LogP contribution in [0.4, 0.5) is 19.1 Å². The third-order valence-corrected chi connectivity index (χ3v) is 3.61. The Morgan fingerprint density at radius 1 is 1.38 bits per heavy atom. The Labute approximate surface area is 136 Å². The number of halogens is 3. The number of aromatic amines is 1. The quantitative estimate of drug-likeness (QED) is 0.810. The number of carbonyl (C=O) groups is 1. The van der Waals surface area contributed by atoms with E-state index in [1.807, 2.05) is 4.90 Å². The molecule has 0 atom stereocenters. The maximum absolute atomic E-state index is 12.2. The van der Waals surface area contributed by atoms with Gasteiger partial charge in [-0.05, 0) is 13.3 Å². The molecule has 0 aliphatic carbocycles. The number of anilines is 1. The molecule has 0 unspecified atom stereocenters. The largest absolute Gasteiger partial charge is 0.405 e. The Bertz CT molecular complexity index is 639. The zero-order valence-corrected chi connectivity index (χ0v) is 13.2. The summed E-state index contributed by atoms with van der Waals surface area (Å²) in [5.74, 6) is -0.325. The Hall–Kier alpha value is -2.10. The van der Waals surface area contributed by atoms with Crippen LogP contribution in [0.25, 0.3) is 0 Å². The van der Waals surface area contributed by atoms with Crippen molar-refractivity contribution in [3.05, 3.63) is 21.6 Å². The highest BCUT2D eigenvalue weighted by molar-refractivity contribution is 5.76. The van der Waals surface area contributed by atoms with Crippen LogP contribution in [0.2, 0.25) is 0 Å². The summed E-state index contributed by atoms with van der Waals surface area (Å²) in [7, 11) is 0. The van der Waals surface area contributed by atoms with Gasteiger partial charge in [-0.2, -0.15) is 13.2 Å². The number of nitrogens with zero attached hydrogens (tertiary/aromatic N) is 2. The molecule has 0 aromatic carbocycles. The summed E-state index contributed by atoms with van der Waals surface area (Å²) in [5.41, 5.74) is 0.380. The van der Waals surface area contributed by atoms with Crippen molar-refractivity contribution in [2.45, 2.75) is 25.9 Å². The predicted octanol–water partition coefficient (Wildman–Crippen LogP) is 0.526. The molecule has 1 fully saturated rings. The summed E-state index contributed by atoms with van der Waals surface area (Å²) in [6.07, 6.45) is -4.63. The van der Waals surface area contributed by atoms with Crippen LogP contribution in [0.1, 0.15) is 17.7 Å². The summed E-state index contributed by atoms with van der Waals surface area (Å²) in [4.78, 5) is 32.5. The lowest BCUT2D eigenvalue weighted by Crippen LogP contribution is -2.39. The molecule has 1 saturated heterocycles. The number of ether oxygens (including phenoxy) is 1. The van der Waals surface area contributed by atoms with Crippen LogP contribution in [-0.2, 0) is 16.0 Å². The molecule has 0 bridgehead atoms. The number of H-pyrrole nitrogens is 1. The second kappa shape index (κ2) is 7.65. The number of aromatic nitrogens is 2. The van der Waals surface area contributed by atoms with E-state index < -0.39 is 18.6 Å². The number of morpholine rings is 1. The molecule has 7 nitrogen and oxygen atoms in total. The molecule has 1 aromatic heterocycles. The fraction of sp³-hybridized carbons (Fsp3) is 0.643. The van der Waals surface area contributed by atoms with Crippen molar-refractivity contribution in [1.29, 1.82) is 0 Å². The van der Waals surface area contributed by atoms with Gasteiger partial charge in [0.25, 0.3) is 5.56 Å². The molecule has 10 heteroatoms. The molecule has 0 spiro atoms.